The third kappa shape index (κ3) is 4.57. The van der Waals surface area contributed by atoms with Gasteiger partial charge in [0, 0.05) is 30.8 Å². The van der Waals surface area contributed by atoms with Gasteiger partial charge in [-0.3, -0.25) is 0 Å². The lowest BCUT2D eigenvalue weighted by atomic mass is 10.1. The lowest BCUT2D eigenvalue weighted by Gasteiger charge is -2.21. The van der Waals surface area contributed by atoms with Crippen molar-refractivity contribution in [3.8, 4) is 0 Å². The number of benzene rings is 2. The van der Waals surface area contributed by atoms with E-state index >= 15 is 0 Å². The first kappa shape index (κ1) is 16.5. The molecule has 2 nitrogen and oxygen atoms in total. The van der Waals surface area contributed by atoms with Crippen LogP contribution in [0.5, 0.6) is 0 Å². The van der Waals surface area contributed by atoms with Gasteiger partial charge in [0.15, 0.2) is 0 Å². The highest BCUT2D eigenvalue weighted by Gasteiger charge is 2.04. The molecule has 0 atom stereocenters. The Kier molecular flexibility index (Phi) is 6.41. The van der Waals surface area contributed by atoms with Gasteiger partial charge >= 0.3 is 0 Å². The predicted molar refractivity (Wildman–Crippen MR) is 90.6 cm³/mol. The summed E-state index contributed by atoms with van der Waals surface area (Å²) in [7, 11) is 0. The van der Waals surface area contributed by atoms with Gasteiger partial charge in [-0.05, 0) is 37.6 Å². The molecule has 0 aromatic heterocycles. The van der Waals surface area contributed by atoms with Crippen molar-refractivity contribution in [2.45, 2.75) is 26.8 Å². The lowest BCUT2D eigenvalue weighted by molar-refractivity contribution is -0.670. The number of nitrogens with two attached hydrogens (primary N) is 1. The van der Waals surface area contributed by atoms with Crippen molar-refractivity contribution >= 4 is 5.69 Å². The highest BCUT2D eigenvalue weighted by molar-refractivity contribution is 5.47. The first-order valence-electron chi connectivity index (χ1n) is 8.13. The van der Waals surface area contributed by atoms with Gasteiger partial charge in [0.2, 0.25) is 0 Å². The minimum atomic E-state index is -0.0977. The van der Waals surface area contributed by atoms with Gasteiger partial charge in [0.25, 0.3) is 0 Å². The molecular formula is C19H26FN2+. The topological polar surface area (TPSA) is 19.9 Å². The number of halogens is 1. The van der Waals surface area contributed by atoms with E-state index in [0.717, 1.165) is 38.2 Å². The fourth-order valence-electron chi connectivity index (χ4n) is 2.66. The Morgan fingerprint density at radius 2 is 1.64 bits per heavy atom. The summed E-state index contributed by atoms with van der Waals surface area (Å²) in [6.45, 7) is 8.25. The molecule has 0 saturated carbocycles. The van der Waals surface area contributed by atoms with E-state index in [1.165, 1.54) is 17.3 Å². The Bertz CT molecular complexity index is 562. The van der Waals surface area contributed by atoms with Gasteiger partial charge < -0.3 is 10.2 Å². The van der Waals surface area contributed by atoms with Crippen LogP contribution in [-0.2, 0) is 13.0 Å². The summed E-state index contributed by atoms with van der Waals surface area (Å²) in [5.74, 6) is -0.0977. The predicted octanol–water partition coefficient (Wildman–Crippen LogP) is 2.98. The number of nitrogens with zero attached hydrogens (tertiary/aromatic N) is 1. The van der Waals surface area contributed by atoms with E-state index in [0.29, 0.717) is 0 Å². The Morgan fingerprint density at radius 3 is 2.27 bits per heavy atom. The molecule has 0 aliphatic rings. The van der Waals surface area contributed by atoms with Gasteiger partial charge in [-0.15, -0.1) is 0 Å². The quantitative estimate of drug-likeness (QED) is 0.743. The number of anilines is 1. The summed E-state index contributed by atoms with van der Waals surface area (Å²) < 4.78 is 13.5. The van der Waals surface area contributed by atoms with Gasteiger partial charge in [-0.25, -0.2) is 4.39 Å². The molecule has 0 saturated heterocycles. The average Bonchev–Trinajstić information content (AvgIpc) is 2.55. The molecule has 2 aromatic rings. The second-order valence-electron chi connectivity index (χ2n) is 5.46. The van der Waals surface area contributed by atoms with Gasteiger partial charge in [-0.2, -0.15) is 0 Å². The van der Waals surface area contributed by atoms with Crippen molar-refractivity contribution in [1.29, 1.82) is 0 Å². The molecule has 0 radical (unpaired) electrons. The Hall–Kier alpha value is -1.87. The molecule has 2 aromatic carbocycles. The first-order chi connectivity index (χ1) is 10.7. The zero-order valence-electron chi connectivity index (χ0n) is 13.6. The maximum absolute atomic E-state index is 13.5. The first-order valence-corrected chi connectivity index (χ1v) is 8.13. The molecule has 0 aliphatic carbocycles. The lowest BCUT2D eigenvalue weighted by Crippen LogP contribution is -2.83. The summed E-state index contributed by atoms with van der Waals surface area (Å²) in [5.41, 5.74) is 3.39. The molecule has 3 heteroatoms. The SMILES string of the molecule is CCN(CC)c1ccc(C[NH2+]CCc2ccccc2F)cc1. The molecule has 0 bridgehead atoms. The Labute approximate surface area is 133 Å². The normalized spacial score (nSPS) is 10.7. The fourth-order valence-corrected chi connectivity index (χ4v) is 2.66. The number of hydrogen-bond acceptors (Lipinski definition) is 1. The zero-order valence-corrected chi connectivity index (χ0v) is 13.6. The van der Waals surface area contributed by atoms with Gasteiger partial charge in [0.05, 0.1) is 6.54 Å². The zero-order chi connectivity index (χ0) is 15.8. The smallest absolute Gasteiger partial charge is 0.126 e. The maximum atomic E-state index is 13.5. The highest BCUT2D eigenvalue weighted by atomic mass is 19.1. The van der Waals surface area contributed by atoms with E-state index in [1.54, 1.807) is 6.07 Å². The molecule has 0 amide bonds. The van der Waals surface area contributed by atoms with Crippen molar-refractivity contribution in [1.82, 2.24) is 0 Å². The second kappa shape index (κ2) is 8.54. The molecule has 0 aliphatic heterocycles. The van der Waals surface area contributed by atoms with Gasteiger partial charge in [0.1, 0.15) is 12.4 Å². The van der Waals surface area contributed by atoms with Crippen LogP contribution in [0.1, 0.15) is 25.0 Å². The standard InChI is InChI=1S/C19H25FN2/c1-3-22(4-2)18-11-9-16(10-12-18)15-21-14-13-17-7-5-6-8-19(17)20/h5-12,21H,3-4,13-15H2,1-2H3/p+1. The molecule has 0 spiro atoms. The van der Waals surface area contributed by atoms with Crippen LogP contribution in [0.2, 0.25) is 0 Å². The average molecular weight is 301 g/mol. The largest absolute Gasteiger partial charge is 0.372 e. The minimum Gasteiger partial charge on any atom is -0.372 e. The van der Waals surface area contributed by atoms with E-state index in [9.17, 15) is 4.39 Å². The van der Waals surface area contributed by atoms with Crippen LogP contribution >= 0.6 is 0 Å². The van der Waals surface area contributed by atoms with Gasteiger partial charge in [-0.1, -0.05) is 30.3 Å². The molecule has 22 heavy (non-hydrogen) atoms. The van der Waals surface area contributed by atoms with E-state index in [4.69, 9.17) is 0 Å². The van der Waals surface area contributed by atoms with Crippen LogP contribution < -0.4 is 10.2 Å². The van der Waals surface area contributed by atoms with Crippen LogP contribution in [0.3, 0.4) is 0 Å². The summed E-state index contributed by atoms with van der Waals surface area (Å²) >= 11 is 0. The fraction of sp³-hybridized carbons (Fsp3) is 0.368. The maximum Gasteiger partial charge on any atom is 0.126 e. The van der Waals surface area contributed by atoms with E-state index in [2.05, 4.69) is 48.3 Å². The highest BCUT2D eigenvalue weighted by Crippen LogP contribution is 2.14. The number of hydrogen-bond donors (Lipinski definition) is 1. The molecule has 118 valence electrons. The molecule has 0 heterocycles. The van der Waals surface area contributed by atoms with Crippen LogP contribution in [0.4, 0.5) is 10.1 Å². The van der Waals surface area contributed by atoms with Crippen molar-refractivity contribution in [2.24, 2.45) is 0 Å². The molecule has 2 N–H and O–H groups in total. The Balaban J connectivity index is 1.79. The van der Waals surface area contributed by atoms with Crippen molar-refractivity contribution in [2.75, 3.05) is 24.5 Å². The molecule has 2 rings (SSSR count). The minimum absolute atomic E-state index is 0.0977. The summed E-state index contributed by atoms with van der Waals surface area (Å²) in [4.78, 5) is 2.34. The van der Waals surface area contributed by atoms with Crippen molar-refractivity contribution in [3.05, 3.63) is 65.5 Å². The molecule has 0 unspecified atom stereocenters. The second-order valence-corrected chi connectivity index (χ2v) is 5.46. The summed E-state index contributed by atoms with van der Waals surface area (Å²) in [6, 6.07) is 15.8. The van der Waals surface area contributed by atoms with Crippen LogP contribution in [0.25, 0.3) is 0 Å². The molecule has 0 fully saturated rings. The third-order valence-corrected chi connectivity index (χ3v) is 4.02. The van der Waals surface area contributed by atoms with Crippen LogP contribution in [-0.4, -0.2) is 19.6 Å². The third-order valence-electron chi connectivity index (χ3n) is 4.02. The van der Waals surface area contributed by atoms with Crippen LogP contribution in [0.15, 0.2) is 48.5 Å². The Morgan fingerprint density at radius 1 is 0.955 bits per heavy atom. The van der Waals surface area contributed by atoms with Crippen molar-refractivity contribution < 1.29 is 9.71 Å². The number of quaternary nitrogens is 1. The number of rotatable bonds is 8. The molecular weight excluding hydrogens is 275 g/mol. The van der Waals surface area contributed by atoms with E-state index in [-0.39, 0.29) is 5.82 Å². The summed E-state index contributed by atoms with van der Waals surface area (Å²) in [6.07, 6.45) is 0.768. The summed E-state index contributed by atoms with van der Waals surface area (Å²) in [5, 5.41) is 2.23. The van der Waals surface area contributed by atoms with E-state index < -0.39 is 0 Å². The van der Waals surface area contributed by atoms with Crippen molar-refractivity contribution in [3.63, 3.8) is 0 Å². The van der Waals surface area contributed by atoms with Crippen LogP contribution in [0, 0.1) is 5.82 Å². The van der Waals surface area contributed by atoms with E-state index in [1.807, 2.05) is 12.1 Å². The monoisotopic (exact) mass is 301 g/mol.